The van der Waals surface area contributed by atoms with E-state index in [-0.39, 0.29) is 18.4 Å². The number of nitrogens with one attached hydrogen (secondary N) is 2. The highest BCUT2D eigenvalue weighted by atomic mass is 32.1. The lowest BCUT2D eigenvalue weighted by Crippen LogP contribution is -2.51. The Kier molecular flexibility index (Phi) is 16.0. The van der Waals surface area contributed by atoms with Gasteiger partial charge in [0.2, 0.25) is 18.2 Å². The molecule has 1 atom stereocenters. The summed E-state index contributed by atoms with van der Waals surface area (Å²) in [6, 6.07) is 16.7. The molecule has 11 heteroatoms. The lowest BCUT2D eigenvalue weighted by atomic mass is 10.1. The normalized spacial score (nSPS) is 11.3. The highest BCUT2D eigenvalue weighted by Crippen LogP contribution is 2.33. The second-order valence-corrected chi connectivity index (χ2v) is 11.7. The zero-order chi connectivity index (χ0) is 31.6. The molecule has 0 fully saturated rings. The van der Waals surface area contributed by atoms with Gasteiger partial charge in [-0.05, 0) is 68.8 Å². The molecule has 0 saturated heterocycles. The molecule has 2 aromatic carbocycles. The average Bonchev–Trinajstić information content (AvgIpc) is 3.61. The van der Waals surface area contributed by atoms with Gasteiger partial charge < -0.3 is 26.0 Å². The lowest BCUT2D eigenvalue weighted by Gasteiger charge is -2.30. The molecule has 9 nitrogen and oxygen atoms in total. The Hall–Kier alpha value is -3.80. The third kappa shape index (κ3) is 11.4. The van der Waals surface area contributed by atoms with Crippen molar-refractivity contribution >= 4 is 67.4 Å². The monoisotopic (exact) mass is 625 g/mol. The summed E-state index contributed by atoms with van der Waals surface area (Å²) in [5, 5.41) is 10.1. The maximum absolute atomic E-state index is 12.7. The number of rotatable bonds is 12. The molecule has 0 aliphatic carbocycles. The van der Waals surface area contributed by atoms with Gasteiger partial charge in [0.25, 0.3) is 0 Å². The van der Waals surface area contributed by atoms with Gasteiger partial charge in [-0.15, -0.1) is 22.7 Å². The Balaban J connectivity index is 0.000000296. The van der Waals surface area contributed by atoms with Crippen LogP contribution in [0, 0.1) is 13.8 Å². The second kappa shape index (κ2) is 19.4. The number of aryl methyl sites for hydroxylation is 2. The molecule has 43 heavy (non-hydrogen) atoms. The van der Waals surface area contributed by atoms with Crippen LogP contribution in [0.25, 0.3) is 20.2 Å². The van der Waals surface area contributed by atoms with Gasteiger partial charge in [0, 0.05) is 52.4 Å². The quantitative estimate of drug-likeness (QED) is 0.0882. The van der Waals surface area contributed by atoms with Crippen molar-refractivity contribution in [1.29, 1.82) is 0 Å². The fraction of sp³-hybridized carbons (Fsp3) is 0.375. The van der Waals surface area contributed by atoms with Crippen molar-refractivity contribution in [3.05, 3.63) is 69.9 Å². The highest BCUT2D eigenvalue weighted by molar-refractivity contribution is 7.25. The van der Waals surface area contributed by atoms with E-state index in [0.717, 1.165) is 10.4 Å². The molecule has 2 heterocycles. The summed E-state index contributed by atoms with van der Waals surface area (Å²) in [7, 11) is 3.23. The molecule has 0 bridgehead atoms. The third-order valence-corrected chi connectivity index (χ3v) is 8.61. The number of methoxy groups -OCH3 is 1. The predicted molar refractivity (Wildman–Crippen MR) is 180 cm³/mol. The summed E-state index contributed by atoms with van der Waals surface area (Å²) in [6.45, 7) is 7.21. The third-order valence-electron chi connectivity index (χ3n) is 6.41. The number of likely N-dealkylation sites (N-methyl/N-ethyl adjacent to an activating group) is 1. The number of hydrogen-bond donors (Lipinski definition) is 3. The Morgan fingerprint density at radius 1 is 1.09 bits per heavy atom. The standard InChI is InChI=1S/C17H27N3O4S.C13H10S.C2H6N2/c1-4-20(16(22)10-18-12-21)15(6-5-7-24-3)17(23)19-9-14-8-13(2)11-25-14;1-9-6-7-13-11(8-9)10-4-2-3-5-12(10)14-13;1-4-2-3/h8,11-12,15H,4-7,9-10H2,1-3H3,(H,18,21)(H,19,23);2-8H,1H3;2H,1H3,(H2,3,4). The summed E-state index contributed by atoms with van der Waals surface area (Å²) in [4.78, 5) is 41.3. The molecule has 3 amide bonds. The van der Waals surface area contributed by atoms with Gasteiger partial charge >= 0.3 is 0 Å². The fourth-order valence-electron chi connectivity index (χ4n) is 4.37. The van der Waals surface area contributed by atoms with Crippen LogP contribution in [0.15, 0.2) is 58.9 Å². The van der Waals surface area contributed by atoms with E-state index >= 15 is 0 Å². The van der Waals surface area contributed by atoms with Gasteiger partial charge in [0.15, 0.2) is 0 Å². The molecule has 0 radical (unpaired) electrons. The van der Waals surface area contributed by atoms with Crippen molar-refractivity contribution < 1.29 is 19.1 Å². The molecule has 0 aliphatic rings. The Morgan fingerprint density at radius 2 is 1.81 bits per heavy atom. The first kappa shape index (κ1) is 35.4. The van der Waals surface area contributed by atoms with Crippen LogP contribution in [-0.2, 0) is 25.7 Å². The van der Waals surface area contributed by atoms with Crippen LogP contribution < -0.4 is 16.4 Å². The molecule has 2 aromatic heterocycles. The summed E-state index contributed by atoms with van der Waals surface area (Å²) in [5.74, 6) is -0.470. The van der Waals surface area contributed by atoms with E-state index < -0.39 is 6.04 Å². The minimum absolute atomic E-state index is 0.116. The van der Waals surface area contributed by atoms with Crippen molar-refractivity contribution in [2.24, 2.45) is 10.7 Å². The zero-order valence-electron chi connectivity index (χ0n) is 25.6. The Labute approximate surface area is 262 Å². The molecule has 232 valence electrons. The number of fused-ring (bicyclic) bond motifs is 3. The van der Waals surface area contributed by atoms with Crippen LogP contribution >= 0.6 is 22.7 Å². The van der Waals surface area contributed by atoms with Crippen LogP contribution in [-0.4, -0.2) is 69.4 Å². The molecule has 0 saturated carbocycles. The van der Waals surface area contributed by atoms with E-state index in [1.165, 1.54) is 37.0 Å². The van der Waals surface area contributed by atoms with E-state index in [9.17, 15) is 14.4 Å². The molecule has 4 rings (SSSR count). The minimum Gasteiger partial charge on any atom is -0.390 e. The number of hydrogen-bond acceptors (Lipinski definition) is 7. The van der Waals surface area contributed by atoms with Gasteiger partial charge in [0.05, 0.1) is 19.4 Å². The van der Waals surface area contributed by atoms with Crippen LogP contribution in [0.4, 0.5) is 0 Å². The molecule has 0 spiro atoms. The molecule has 0 aliphatic heterocycles. The topological polar surface area (TPSA) is 126 Å². The number of aliphatic imine (C=N–C) groups is 1. The van der Waals surface area contributed by atoms with Gasteiger partial charge in [0.1, 0.15) is 6.04 Å². The maximum atomic E-state index is 12.7. The van der Waals surface area contributed by atoms with E-state index in [1.807, 2.05) is 36.6 Å². The van der Waals surface area contributed by atoms with Gasteiger partial charge in [-0.1, -0.05) is 29.8 Å². The van der Waals surface area contributed by atoms with Crippen LogP contribution in [0.5, 0.6) is 0 Å². The fourth-order valence-corrected chi connectivity index (χ4v) is 6.27. The minimum atomic E-state index is -0.581. The predicted octanol–water partition coefficient (Wildman–Crippen LogP) is 5.03. The number of carbonyl (C=O) groups excluding carboxylic acids is 3. The van der Waals surface area contributed by atoms with E-state index in [1.54, 1.807) is 25.5 Å². The molecular formula is C32H43N5O4S2. The van der Waals surface area contributed by atoms with Crippen molar-refractivity contribution in [2.45, 2.75) is 46.2 Å². The van der Waals surface area contributed by atoms with Crippen molar-refractivity contribution in [3.63, 3.8) is 0 Å². The number of benzene rings is 2. The Morgan fingerprint density at radius 3 is 2.44 bits per heavy atom. The number of nitrogens with zero attached hydrogens (tertiary/aromatic N) is 2. The van der Waals surface area contributed by atoms with E-state index in [0.29, 0.717) is 38.9 Å². The van der Waals surface area contributed by atoms with Crippen molar-refractivity contribution in [1.82, 2.24) is 15.5 Å². The first-order valence-corrected chi connectivity index (χ1v) is 15.8. The molecule has 1 unspecified atom stereocenters. The first-order valence-electron chi connectivity index (χ1n) is 14.1. The SMILES string of the molecule is CCN(C(=O)CNC=O)C(CCCOC)C(=O)NCc1cc(C)cs1.CN=CN.Cc1ccc2sc3ccccc3c2c1. The van der Waals surface area contributed by atoms with Crippen LogP contribution in [0.3, 0.4) is 0 Å². The van der Waals surface area contributed by atoms with Crippen LogP contribution in [0.2, 0.25) is 0 Å². The van der Waals surface area contributed by atoms with Gasteiger partial charge in [-0.3, -0.25) is 19.4 Å². The summed E-state index contributed by atoms with van der Waals surface area (Å²) in [5.41, 5.74) is 7.23. The summed E-state index contributed by atoms with van der Waals surface area (Å²) in [6.07, 6.45) is 2.90. The first-order chi connectivity index (χ1) is 20.8. The van der Waals surface area contributed by atoms with E-state index in [4.69, 9.17) is 10.5 Å². The molecular weight excluding hydrogens is 583 g/mol. The second-order valence-electron chi connectivity index (χ2n) is 9.64. The molecule has 4 N–H and O–H groups in total. The summed E-state index contributed by atoms with van der Waals surface area (Å²) < 4.78 is 7.82. The van der Waals surface area contributed by atoms with Crippen LogP contribution in [0.1, 0.15) is 35.8 Å². The summed E-state index contributed by atoms with van der Waals surface area (Å²) >= 11 is 3.46. The van der Waals surface area contributed by atoms with Gasteiger partial charge in [-0.25, -0.2) is 0 Å². The average molecular weight is 626 g/mol. The number of carbonyl (C=O) groups is 3. The largest absolute Gasteiger partial charge is 0.390 e. The molecule has 4 aromatic rings. The lowest BCUT2D eigenvalue weighted by molar-refractivity contribution is -0.140. The van der Waals surface area contributed by atoms with Crippen molar-refractivity contribution in [2.75, 3.05) is 33.9 Å². The van der Waals surface area contributed by atoms with Crippen molar-refractivity contribution in [3.8, 4) is 0 Å². The zero-order valence-corrected chi connectivity index (χ0v) is 27.2. The van der Waals surface area contributed by atoms with E-state index in [2.05, 4.69) is 65.0 Å². The highest BCUT2D eigenvalue weighted by Gasteiger charge is 2.28. The maximum Gasteiger partial charge on any atom is 0.243 e. The Bertz CT molecular complexity index is 1460. The number of nitrogens with two attached hydrogens (primary N) is 1. The number of thiophene rings is 2. The number of amides is 3. The van der Waals surface area contributed by atoms with Gasteiger partial charge in [-0.2, -0.15) is 0 Å². The number of ether oxygens (including phenoxy) is 1. The smallest absolute Gasteiger partial charge is 0.243 e.